The summed E-state index contributed by atoms with van der Waals surface area (Å²) < 4.78 is 0. The maximum Gasteiger partial charge on any atom is 0.303 e. The number of carboxylic acid groups (broad SMARTS) is 2. The number of carboxylic acids is 2. The molecule has 0 unspecified atom stereocenters. The van der Waals surface area contributed by atoms with Crippen molar-refractivity contribution < 1.29 is 25.5 Å². The lowest BCUT2D eigenvalue weighted by molar-refractivity contribution is -0.368. The van der Waals surface area contributed by atoms with Crippen LogP contribution in [0, 0.1) is 0 Å². The van der Waals surface area contributed by atoms with Crippen molar-refractivity contribution in [3.05, 3.63) is 122 Å². The summed E-state index contributed by atoms with van der Waals surface area (Å²) in [4.78, 5) is 20.6. The van der Waals surface area contributed by atoms with Gasteiger partial charge in [0.15, 0.2) is 0 Å². The van der Waals surface area contributed by atoms with Crippen molar-refractivity contribution in [1.82, 2.24) is 0 Å². The van der Waals surface area contributed by atoms with Gasteiger partial charge in [-0.25, -0.2) is 0 Å². The van der Waals surface area contributed by atoms with Gasteiger partial charge in [-0.15, -0.1) is 0 Å². The molecule has 0 radical (unpaired) electrons. The Morgan fingerprint density at radius 3 is 0.933 bits per heavy atom. The third kappa shape index (κ3) is 79.2. The fourth-order valence-corrected chi connectivity index (χ4v) is 5.18. The molecule has 0 aliphatic carbocycles. The molecular weight excluding hydrogens is 781 g/mol. The molecular formula is C52H91N2O4S2+. The molecule has 0 bridgehead atoms. The molecule has 0 saturated carbocycles. The minimum atomic E-state index is -0.715. The van der Waals surface area contributed by atoms with Crippen LogP contribution in [0.4, 0.5) is 0 Å². The number of aliphatic carboxylic acids is 2. The van der Waals surface area contributed by atoms with E-state index >= 15 is 0 Å². The standard InChI is InChI=1S/2C20H30O2.2C6H15NS/c2*1-2-3-4-5-6-7-8-9-10-11-12-13-14-15-16-17-18-19-20(21)22;2*7-5-3-1-2-4-6-8/h2*3-4,6-7,9-10,12-13,15-16H,2,5,8,11,14,17-19H2,1H3,(H,21,22);2*8H,1-7H2/p+1/b2*4-3-,7-6-,10-9-,13-12-,16-15-;;. The third-order valence-electron chi connectivity index (χ3n) is 8.11. The van der Waals surface area contributed by atoms with Gasteiger partial charge in [0.25, 0.3) is 0 Å². The highest BCUT2D eigenvalue weighted by atomic mass is 32.1. The van der Waals surface area contributed by atoms with Crippen LogP contribution >= 0.6 is 25.3 Å². The monoisotopic (exact) mass is 872 g/mol. The molecule has 344 valence electrons. The summed E-state index contributed by atoms with van der Waals surface area (Å²) >= 11 is 8.20. The van der Waals surface area contributed by atoms with Crippen LogP contribution in [0.25, 0.3) is 0 Å². The van der Waals surface area contributed by atoms with Crippen molar-refractivity contribution in [2.75, 3.05) is 24.6 Å². The Labute approximate surface area is 380 Å². The number of nitrogens with two attached hydrogens (primary N) is 1. The number of hydrogen-bond acceptors (Lipinski definition) is 5. The highest BCUT2D eigenvalue weighted by Crippen LogP contribution is 2.02. The van der Waals surface area contributed by atoms with Crippen molar-refractivity contribution in [3.63, 3.8) is 0 Å². The molecule has 0 aliphatic heterocycles. The second-order valence-corrected chi connectivity index (χ2v) is 14.8. The highest BCUT2D eigenvalue weighted by molar-refractivity contribution is 7.80. The zero-order chi connectivity index (χ0) is 45.1. The lowest BCUT2D eigenvalue weighted by Gasteiger charge is -1.93. The van der Waals surface area contributed by atoms with E-state index in [4.69, 9.17) is 15.9 Å². The van der Waals surface area contributed by atoms with Gasteiger partial charge >= 0.3 is 11.9 Å². The first kappa shape index (κ1) is 63.6. The smallest absolute Gasteiger partial charge is 0.303 e. The average Bonchev–Trinajstić information content (AvgIpc) is 3.24. The molecule has 0 saturated heterocycles. The van der Waals surface area contributed by atoms with Gasteiger partial charge in [0.2, 0.25) is 0 Å². The van der Waals surface area contributed by atoms with Crippen molar-refractivity contribution in [2.24, 2.45) is 5.73 Å². The number of thiol groups is 2. The fourth-order valence-electron chi connectivity index (χ4n) is 4.73. The van der Waals surface area contributed by atoms with Gasteiger partial charge in [0.1, 0.15) is 0 Å². The van der Waals surface area contributed by atoms with Crippen LogP contribution in [-0.4, -0.2) is 46.7 Å². The second-order valence-electron chi connectivity index (χ2n) is 13.9. The summed E-state index contributed by atoms with van der Waals surface area (Å²) in [6, 6.07) is 0. The van der Waals surface area contributed by atoms with E-state index in [0.29, 0.717) is 0 Å². The Kier molecular flexibility index (Phi) is 69.0. The van der Waals surface area contributed by atoms with Crippen LogP contribution in [0.15, 0.2) is 122 Å². The van der Waals surface area contributed by atoms with Gasteiger partial charge in [0.05, 0.1) is 6.54 Å². The quantitative estimate of drug-likeness (QED) is 0.0212. The third-order valence-corrected chi connectivity index (χ3v) is 8.74. The summed E-state index contributed by atoms with van der Waals surface area (Å²) in [6.45, 7) is 6.22. The Balaban J connectivity index is -0.000000385. The molecule has 6 nitrogen and oxygen atoms in total. The maximum atomic E-state index is 10.3. The number of unbranched alkanes of at least 4 members (excludes halogenated alkanes) is 8. The molecule has 0 fully saturated rings. The number of rotatable bonds is 36. The summed E-state index contributed by atoms with van der Waals surface area (Å²) in [5.41, 5.74) is 9.06. The van der Waals surface area contributed by atoms with E-state index in [1.807, 2.05) is 0 Å². The van der Waals surface area contributed by atoms with Gasteiger partial charge in [0, 0.05) is 12.8 Å². The normalized spacial score (nSPS) is 12.0. The molecule has 0 heterocycles. The average molecular weight is 872 g/mol. The zero-order valence-corrected chi connectivity index (χ0v) is 40.0. The summed E-state index contributed by atoms with van der Waals surface area (Å²) in [5.74, 6) is 0.626. The van der Waals surface area contributed by atoms with Gasteiger partial charge in [-0.2, -0.15) is 25.3 Å². The van der Waals surface area contributed by atoms with E-state index < -0.39 is 11.9 Å². The van der Waals surface area contributed by atoms with Crippen LogP contribution in [0.5, 0.6) is 0 Å². The fraction of sp³-hybridized carbons (Fsp3) is 0.577. The molecule has 0 amide bonds. The lowest BCUT2D eigenvalue weighted by atomic mass is 10.2. The molecule has 7 N–H and O–H groups in total. The Morgan fingerprint density at radius 2 is 0.683 bits per heavy atom. The number of hydrogen-bond donors (Lipinski definition) is 6. The van der Waals surface area contributed by atoms with Gasteiger partial charge in [-0.05, 0) is 140 Å². The lowest BCUT2D eigenvalue weighted by Crippen LogP contribution is -2.50. The van der Waals surface area contributed by atoms with E-state index in [1.165, 1.54) is 51.4 Å². The predicted molar refractivity (Wildman–Crippen MR) is 273 cm³/mol. The van der Waals surface area contributed by atoms with E-state index in [9.17, 15) is 9.59 Å². The number of carbonyl (C=O) groups is 2. The molecule has 0 rings (SSSR count). The minimum absolute atomic E-state index is 0.258. The zero-order valence-electron chi connectivity index (χ0n) is 38.2. The molecule has 0 aliphatic rings. The number of quaternary nitrogens is 1. The molecule has 0 spiro atoms. The first-order chi connectivity index (χ1) is 29.4. The van der Waals surface area contributed by atoms with E-state index in [2.05, 4.69) is 166 Å². The van der Waals surface area contributed by atoms with Gasteiger partial charge in [-0.3, -0.25) is 9.59 Å². The van der Waals surface area contributed by atoms with E-state index in [-0.39, 0.29) is 12.8 Å². The summed E-state index contributed by atoms with van der Waals surface area (Å²) in [6.07, 6.45) is 67.1. The van der Waals surface area contributed by atoms with Crippen molar-refractivity contribution in [3.8, 4) is 0 Å². The summed E-state index contributed by atoms with van der Waals surface area (Å²) in [5, 5.41) is 17.0. The maximum absolute atomic E-state index is 10.3. The molecule has 60 heavy (non-hydrogen) atoms. The number of allylic oxidation sites excluding steroid dienone is 20. The largest absolute Gasteiger partial charge is 0.481 e. The SMILES string of the molecule is CC/C=C\C/C=C\C/C=C\C/C=C\C/C=C\CCCC(=O)O.CC/C=C\C/C=C\C/C=C\C/C=C\C/C=C\CCCC(=O)O.NCCCCCCS.[NH3+]CCCCCCS. The van der Waals surface area contributed by atoms with Crippen molar-refractivity contribution in [1.29, 1.82) is 0 Å². The van der Waals surface area contributed by atoms with Gasteiger partial charge < -0.3 is 21.7 Å². The minimum Gasteiger partial charge on any atom is -0.481 e. The molecule has 0 aromatic rings. The Bertz CT molecular complexity index is 1060. The summed E-state index contributed by atoms with van der Waals surface area (Å²) in [7, 11) is 0. The second kappa shape index (κ2) is 65.1. The Morgan fingerprint density at radius 1 is 0.417 bits per heavy atom. The van der Waals surface area contributed by atoms with Crippen molar-refractivity contribution in [2.45, 2.75) is 168 Å². The van der Waals surface area contributed by atoms with Crippen molar-refractivity contribution >= 4 is 37.2 Å². The predicted octanol–water partition coefficient (Wildman–Crippen LogP) is 14.1. The van der Waals surface area contributed by atoms with Crippen LogP contribution in [-0.2, 0) is 9.59 Å². The molecule has 0 aromatic carbocycles. The molecule has 8 heteroatoms. The Hall–Kier alpha value is -3.04. The van der Waals surface area contributed by atoms with Crippen LogP contribution in [0.1, 0.15) is 168 Å². The first-order valence-electron chi connectivity index (χ1n) is 23.0. The van der Waals surface area contributed by atoms with Gasteiger partial charge in [-0.1, -0.05) is 155 Å². The molecule has 0 atom stereocenters. The first-order valence-corrected chi connectivity index (χ1v) is 24.3. The molecule has 0 aromatic heterocycles. The topological polar surface area (TPSA) is 128 Å². The van der Waals surface area contributed by atoms with E-state index in [1.54, 1.807) is 0 Å². The van der Waals surface area contributed by atoms with Crippen LogP contribution in [0.3, 0.4) is 0 Å². The van der Waals surface area contributed by atoms with Crippen LogP contribution in [0.2, 0.25) is 0 Å². The highest BCUT2D eigenvalue weighted by Gasteiger charge is 1.93. The van der Waals surface area contributed by atoms with E-state index in [0.717, 1.165) is 114 Å². The van der Waals surface area contributed by atoms with Crippen LogP contribution < -0.4 is 11.5 Å².